The highest BCUT2D eigenvalue weighted by molar-refractivity contribution is 6.28. The van der Waals surface area contributed by atoms with Gasteiger partial charge in [0, 0.05) is 23.1 Å². The first-order valence-corrected chi connectivity index (χ1v) is 5.14. The summed E-state index contributed by atoms with van der Waals surface area (Å²) in [5.74, 6) is 0.686. The number of hydrogen-bond acceptors (Lipinski definition) is 4. The number of rotatable bonds is 2. The van der Waals surface area contributed by atoms with Crippen molar-refractivity contribution in [3.8, 4) is 0 Å². The van der Waals surface area contributed by atoms with Gasteiger partial charge >= 0.3 is 0 Å². The van der Waals surface area contributed by atoms with E-state index < -0.39 is 0 Å². The standard InChI is InChI=1S/C11H11ClN4/c1-7-6-14-11(12)16-10(7)15-9-4-2-3-8(13)5-9/h2-6H,13H2,1H3,(H,14,15,16). The molecule has 0 saturated carbocycles. The van der Waals surface area contributed by atoms with Gasteiger partial charge in [0.1, 0.15) is 5.82 Å². The molecule has 0 bridgehead atoms. The van der Waals surface area contributed by atoms with E-state index in [1.54, 1.807) is 6.20 Å². The molecule has 2 rings (SSSR count). The molecule has 1 aromatic carbocycles. The third-order valence-electron chi connectivity index (χ3n) is 2.09. The highest BCUT2D eigenvalue weighted by atomic mass is 35.5. The SMILES string of the molecule is Cc1cnc(Cl)nc1Nc1cccc(N)c1. The molecule has 1 heterocycles. The summed E-state index contributed by atoms with van der Waals surface area (Å²) in [6.45, 7) is 1.91. The highest BCUT2D eigenvalue weighted by Gasteiger charge is 2.02. The maximum atomic E-state index is 5.73. The molecule has 0 aliphatic carbocycles. The van der Waals surface area contributed by atoms with Crippen LogP contribution in [-0.2, 0) is 0 Å². The Labute approximate surface area is 98.5 Å². The summed E-state index contributed by atoms with van der Waals surface area (Å²) >= 11 is 5.73. The van der Waals surface area contributed by atoms with E-state index in [0.717, 1.165) is 11.3 Å². The average Bonchev–Trinajstić information content (AvgIpc) is 2.24. The van der Waals surface area contributed by atoms with Crippen molar-refractivity contribution in [2.75, 3.05) is 11.1 Å². The van der Waals surface area contributed by atoms with E-state index >= 15 is 0 Å². The zero-order valence-electron chi connectivity index (χ0n) is 8.74. The van der Waals surface area contributed by atoms with E-state index in [-0.39, 0.29) is 5.28 Å². The number of aromatic nitrogens is 2. The number of nitrogen functional groups attached to an aromatic ring is 1. The lowest BCUT2D eigenvalue weighted by Crippen LogP contribution is -1.98. The average molecular weight is 235 g/mol. The van der Waals surface area contributed by atoms with E-state index in [1.807, 2.05) is 31.2 Å². The molecular weight excluding hydrogens is 224 g/mol. The van der Waals surface area contributed by atoms with Crippen molar-refractivity contribution in [2.24, 2.45) is 0 Å². The molecule has 0 atom stereocenters. The number of anilines is 3. The Kier molecular flexibility index (Phi) is 2.92. The van der Waals surface area contributed by atoms with Gasteiger partial charge in [-0.1, -0.05) is 6.07 Å². The minimum Gasteiger partial charge on any atom is -0.399 e. The lowest BCUT2D eigenvalue weighted by atomic mass is 10.2. The fraction of sp³-hybridized carbons (Fsp3) is 0.0909. The second kappa shape index (κ2) is 4.37. The molecule has 0 saturated heterocycles. The topological polar surface area (TPSA) is 63.8 Å². The maximum absolute atomic E-state index is 5.73. The third kappa shape index (κ3) is 2.41. The zero-order valence-corrected chi connectivity index (χ0v) is 9.49. The van der Waals surface area contributed by atoms with Crippen molar-refractivity contribution in [1.29, 1.82) is 0 Å². The van der Waals surface area contributed by atoms with Crippen LogP contribution < -0.4 is 11.1 Å². The molecule has 5 heteroatoms. The second-order valence-corrected chi connectivity index (χ2v) is 3.76. The minimum atomic E-state index is 0.219. The molecule has 82 valence electrons. The Morgan fingerprint density at radius 2 is 2.19 bits per heavy atom. The Morgan fingerprint density at radius 3 is 2.94 bits per heavy atom. The minimum absolute atomic E-state index is 0.219. The Morgan fingerprint density at radius 1 is 1.38 bits per heavy atom. The zero-order chi connectivity index (χ0) is 11.5. The van der Waals surface area contributed by atoms with Gasteiger partial charge in [-0.05, 0) is 36.7 Å². The first-order chi connectivity index (χ1) is 7.65. The molecule has 0 aliphatic heterocycles. The van der Waals surface area contributed by atoms with Crippen LogP contribution in [0.25, 0.3) is 0 Å². The van der Waals surface area contributed by atoms with Crippen molar-refractivity contribution in [3.05, 3.63) is 41.3 Å². The number of nitrogens with two attached hydrogens (primary N) is 1. The Balaban J connectivity index is 2.30. The van der Waals surface area contributed by atoms with Gasteiger partial charge in [0.2, 0.25) is 5.28 Å². The van der Waals surface area contributed by atoms with Gasteiger partial charge < -0.3 is 11.1 Å². The van der Waals surface area contributed by atoms with Crippen LogP contribution in [0.5, 0.6) is 0 Å². The van der Waals surface area contributed by atoms with Crippen molar-refractivity contribution in [1.82, 2.24) is 9.97 Å². The summed E-state index contributed by atoms with van der Waals surface area (Å²) in [5.41, 5.74) is 8.17. The van der Waals surface area contributed by atoms with Crippen LogP contribution in [0.15, 0.2) is 30.5 Å². The lowest BCUT2D eigenvalue weighted by Gasteiger charge is -2.08. The van der Waals surface area contributed by atoms with Crippen LogP contribution in [0, 0.1) is 6.92 Å². The number of benzene rings is 1. The largest absolute Gasteiger partial charge is 0.399 e. The van der Waals surface area contributed by atoms with E-state index in [1.165, 1.54) is 0 Å². The number of hydrogen-bond donors (Lipinski definition) is 2. The van der Waals surface area contributed by atoms with Gasteiger partial charge in [-0.3, -0.25) is 0 Å². The fourth-order valence-corrected chi connectivity index (χ4v) is 1.43. The summed E-state index contributed by atoms with van der Waals surface area (Å²) in [6.07, 6.45) is 1.67. The molecule has 16 heavy (non-hydrogen) atoms. The van der Waals surface area contributed by atoms with Crippen molar-refractivity contribution >= 4 is 28.8 Å². The van der Waals surface area contributed by atoms with Crippen LogP contribution in [0.1, 0.15) is 5.56 Å². The van der Waals surface area contributed by atoms with Crippen LogP contribution in [-0.4, -0.2) is 9.97 Å². The molecule has 3 N–H and O–H groups in total. The summed E-state index contributed by atoms with van der Waals surface area (Å²) in [5, 5.41) is 3.36. The smallest absolute Gasteiger partial charge is 0.224 e. The number of aryl methyl sites for hydroxylation is 1. The Hall–Kier alpha value is -1.81. The maximum Gasteiger partial charge on any atom is 0.224 e. The number of nitrogens with zero attached hydrogens (tertiary/aromatic N) is 2. The first kappa shape index (κ1) is 10.7. The molecule has 1 aromatic heterocycles. The van der Waals surface area contributed by atoms with Gasteiger partial charge in [0.05, 0.1) is 0 Å². The van der Waals surface area contributed by atoms with Crippen LogP contribution in [0.3, 0.4) is 0 Å². The second-order valence-electron chi connectivity index (χ2n) is 3.42. The van der Waals surface area contributed by atoms with E-state index in [2.05, 4.69) is 15.3 Å². The molecule has 0 unspecified atom stereocenters. The molecule has 0 fully saturated rings. The highest BCUT2D eigenvalue weighted by Crippen LogP contribution is 2.20. The Bertz CT molecular complexity index is 513. The predicted octanol–water partition coefficient (Wildman–Crippen LogP) is 2.76. The summed E-state index contributed by atoms with van der Waals surface area (Å²) < 4.78 is 0. The molecular formula is C11H11ClN4. The normalized spacial score (nSPS) is 10.1. The van der Waals surface area contributed by atoms with Crippen LogP contribution in [0.4, 0.5) is 17.2 Å². The summed E-state index contributed by atoms with van der Waals surface area (Å²) in [7, 11) is 0. The lowest BCUT2D eigenvalue weighted by molar-refractivity contribution is 1.13. The molecule has 2 aromatic rings. The first-order valence-electron chi connectivity index (χ1n) is 4.77. The van der Waals surface area contributed by atoms with E-state index in [4.69, 9.17) is 17.3 Å². The molecule has 0 aliphatic rings. The molecule has 0 spiro atoms. The summed E-state index contributed by atoms with van der Waals surface area (Å²) in [6, 6.07) is 7.43. The van der Waals surface area contributed by atoms with Crippen molar-refractivity contribution in [2.45, 2.75) is 6.92 Å². The predicted molar refractivity (Wildman–Crippen MR) is 65.9 cm³/mol. The van der Waals surface area contributed by atoms with Gasteiger partial charge in [-0.25, -0.2) is 9.97 Å². The molecule has 0 radical (unpaired) electrons. The quantitative estimate of drug-likeness (QED) is 0.620. The van der Waals surface area contributed by atoms with Crippen molar-refractivity contribution < 1.29 is 0 Å². The van der Waals surface area contributed by atoms with Crippen LogP contribution >= 0.6 is 11.6 Å². The third-order valence-corrected chi connectivity index (χ3v) is 2.27. The van der Waals surface area contributed by atoms with E-state index in [9.17, 15) is 0 Å². The number of halogens is 1. The molecule has 0 amide bonds. The number of nitrogens with one attached hydrogen (secondary N) is 1. The van der Waals surface area contributed by atoms with Gasteiger partial charge in [0.15, 0.2) is 0 Å². The van der Waals surface area contributed by atoms with Gasteiger partial charge in [0.25, 0.3) is 0 Å². The van der Waals surface area contributed by atoms with Crippen LogP contribution in [0.2, 0.25) is 5.28 Å². The fourth-order valence-electron chi connectivity index (χ4n) is 1.30. The van der Waals surface area contributed by atoms with Gasteiger partial charge in [-0.15, -0.1) is 0 Å². The van der Waals surface area contributed by atoms with E-state index in [0.29, 0.717) is 11.5 Å². The monoisotopic (exact) mass is 234 g/mol. The molecule has 4 nitrogen and oxygen atoms in total. The summed E-state index contributed by atoms with van der Waals surface area (Å²) in [4.78, 5) is 7.99. The van der Waals surface area contributed by atoms with Crippen molar-refractivity contribution in [3.63, 3.8) is 0 Å². The van der Waals surface area contributed by atoms with Gasteiger partial charge in [-0.2, -0.15) is 0 Å².